The van der Waals surface area contributed by atoms with Gasteiger partial charge in [0.1, 0.15) is 18.1 Å². The molecule has 0 aliphatic carbocycles. The number of furan rings is 1. The van der Waals surface area contributed by atoms with Crippen LogP contribution in [-0.2, 0) is 13.2 Å². The van der Waals surface area contributed by atoms with Crippen molar-refractivity contribution in [1.82, 2.24) is 0 Å². The molecule has 2 rings (SSSR count). The number of hydrogen-bond donors (Lipinski definition) is 1. The Balaban J connectivity index is 2.07. The van der Waals surface area contributed by atoms with Gasteiger partial charge in [-0.3, -0.25) is 0 Å². The molecule has 0 amide bonds. The number of ether oxygens (including phenoxy) is 1. The van der Waals surface area contributed by atoms with Crippen LogP contribution in [0.3, 0.4) is 0 Å². The maximum absolute atomic E-state index is 13.2. The highest BCUT2D eigenvalue weighted by atomic mass is 19.1. The Labute approximate surface area is 96.8 Å². The number of halogens is 2. The van der Waals surface area contributed by atoms with Crippen LogP contribution in [0, 0.1) is 11.6 Å². The maximum Gasteiger partial charge on any atom is 0.191 e. The quantitative estimate of drug-likeness (QED) is 0.892. The average molecular weight is 239 g/mol. The number of rotatable bonds is 4. The third-order valence-electron chi connectivity index (χ3n) is 2.20. The van der Waals surface area contributed by atoms with Gasteiger partial charge in [0.15, 0.2) is 17.4 Å². The topological polar surface area (TPSA) is 48.4 Å². The lowest BCUT2D eigenvalue weighted by Gasteiger charge is -2.06. The van der Waals surface area contributed by atoms with E-state index in [4.69, 9.17) is 14.9 Å². The molecule has 0 fully saturated rings. The summed E-state index contributed by atoms with van der Waals surface area (Å²) >= 11 is 0. The molecule has 0 radical (unpaired) electrons. The molecule has 0 spiro atoms. The Bertz CT molecular complexity index is 491. The van der Waals surface area contributed by atoms with Crippen molar-refractivity contribution in [2.75, 3.05) is 0 Å². The van der Waals surface area contributed by atoms with Crippen molar-refractivity contribution in [3.8, 4) is 5.75 Å². The minimum Gasteiger partial charge on any atom is -0.480 e. The number of hydrogen-bond acceptors (Lipinski definition) is 3. The first-order valence-corrected chi connectivity index (χ1v) is 5.05. The van der Waals surface area contributed by atoms with Crippen LogP contribution >= 0.6 is 0 Å². The van der Waals surface area contributed by atoms with Crippen molar-refractivity contribution in [3.05, 3.63) is 53.5 Å². The Morgan fingerprint density at radius 1 is 1.06 bits per heavy atom. The molecule has 0 saturated carbocycles. The molecule has 90 valence electrons. The van der Waals surface area contributed by atoms with Crippen LogP contribution in [0.15, 0.2) is 34.7 Å². The van der Waals surface area contributed by atoms with Crippen LogP contribution in [0.1, 0.15) is 11.5 Å². The average Bonchev–Trinajstić information content (AvgIpc) is 2.76. The molecule has 5 heteroatoms. The molecule has 1 heterocycles. The largest absolute Gasteiger partial charge is 0.480 e. The number of benzene rings is 1. The highest BCUT2D eigenvalue weighted by Gasteiger charge is 2.10. The summed E-state index contributed by atoms with van der Waals surface area (Å²) in [4.78, 5) is 0. The van der Waals surface area contributed by atoms with E-state index in [2.05, 4.69) is 0 Å². The molecule has 1 aromatic heterocycles. The number of nitrogens with two attached hydrogens (primary N) is 1. The molecule has 0 unspecified atom stereocenters. The van der Waals surface area contributed by atoms with Crippen molar-refractivity contribution >= 4 is 0 Å². The summed E-state index contributed by atoms with van der Waals surface area (Å²) in [7, 11) is 0. The molecule has 17 heavy (non-hydrogen) atoms. The first kappa shape index (κ1) is 11.6. The molecule has 2 N–H and O–H groups in total. The minimum absolute atomic E-state index is 0.0438. The van der Waals surface area contributed by atoms with E-state index in [1.54, 1.807) is 12.1 Å². The molecular formula is C12H11F2NO2. The lowest BCUT2D eigenvalue weighted by molar-refractivity contribution is 0.243. The Morgan fingerprint density at radius 3 is 2.29 bits per heavy atom. The summed E-state index contributed by atoms with van der Waals surface area (Å²) < 4.78 is 36.7. The molecule has 0 atom stereocenters. The first-order chi connectivity index (χ1) is 8.20. The van der Waals surface area contributed by atoms with Crippen molar-refractivity contribution in [2.24, 2.45) is 5.73 Å². The predicted molar refractivity (Wildman–Crippen MR) is 57.3 cm³/mol. The minimum atomic E-state index is -0.740. The monoisotopic (exact) mass is 239 g/mol. The SMILES string of the molecule is NCc1ccc(COc2c(F)cccc2F)o1. The summed E-state index contributed by atoms with van der Waals surface area (Å²) in [6, 6.07) is 6.88. The highest BCUT2D eigenvalue weighted by Crippen LogP contribution is 2.22. The van der Waals surface area contributed by atoms with Crippen molar-refractivity contribution in [3.63, 3.8) is 0 Å². The highest BCUT2D eigenvalue weighted by molar-refractivity contribution is 5.26. The predicted octanol–water partition coefficient (Wildman–Crippen LogP) is 2.60. The molecule has 3 nitrogen and oxygen atoms in total. The number of para-hydroxylation sites is 1. The standard InChI is InChI=1S/C12H11F2NO2/c13-10-2-1-3-11(14)12(10)16-7-9-5-4-8(6-15)17-9/h1-5H,6-7,15H2. The first-order valence-electron chi connectivity index (χ1n) is 5.05. The van der Waals surface area contributed by atoms with Crippen LogP contribution in [0.2, 0.25) is 0 Å². The van der Waals surface area contributed by atoms with E-state index >= 15 is 0 Å². The van der Waals surface area contributed by atoms with Crippen LogP contribution in [-0.4, -0.2) is 0 Å². The zero-order valence-corrected chi connectivity index (χ0v) is 8.95. The zero-order valence-electron chi connectivity index (χ0n) is 8.95. The van der Waals surface area contributed by atoms with Gasteiger partial charge in [0.2, 0.25) is 0 Å². The Morgan fingerprint density at radius 2 is 1.71 bits per heavy atom. The molecule has 0 bridgehead atoms. The fourth-order valence-electron chi connectivity index (χ4n) is 1.37. The van der Waals surface area contributed by atoms with Gasteiger partial charge in [-0.1, -0.05) is 6.07 Å². The van der Waals surface area contributed by atoms with Crippen LogP contribution in [0.5, 0.6) is 5.75 Å². The summed E-state index contributed by atoms with van der Waals surface area (Å²) in [6.45, 7) is 0.228. The van der Waals surface area contributed by atoms with Gasteiger partial charge in [0.25, 0.3) is 0 Å². The Kier molecular flexibility index (Phi) is 3.39. The molecule has 0 saturated heterocycles. The van der Waals surface area contributed by atoms with Crippen LogP contribution in [0.4, 0.5) is 8.78 Å². The van der Waals surface area contributed by atoms with Crippen molar-refractivity contribution in [2.45, 2.75) is 13.2 Å². The second-order valence-electron chi connectivity index (χ2n) is 3.41. The fourth-order valence-corrected chi connectivity index (χ4v) is 1.37. The van der Waals surface area contributed by atoms with E-state index in [0.717, 1.165) is 12.1 Å². The van der Waals surface area contributed by atoms with Gasteiger partial charge in [0.05, 0.1) is 6.54 Å². The molecule has 2 aromatic rings. The molecular weight excluding hydrogens is 228 g/mol. The molecule has 0 aliphatic rings. The lowest BCUT2D eigenvalue weighted by Crippen LogP contribution is -1.99. The lowest BCUT2D eigenvalue weighted by atomic mass is 10.3. The van der Waals surface area contributed by atoms with E-state index in [1.807, 2.05) is 0 Å². The van der Waals surface area contributed by atoms with Gasteiger partial charge in [-0.2, -0.15) is 0 Å². The summed E-state index contributed by atoms with van der Waals surface area (Å²) in [5, 5.41) is 0. The molecule has 0 aliphatic heterocycles. The van der Waals surface area contributed by atoms with Crippen molar-refractivity contribution < 1.29 is 17.9 Å². The van der Waals surface area contributed by atoms with Crippen molar-refractivity contribution in [1.29, 1.82) is 0 Å². The Hall–Kier alpha value is -1.88. The van der Waals surface area contributed by atoms with Gasteiger partial charge in [0, 0.05) is 0 Å². The van der Waals surface area contributed by atoms with Crippen LogP contribution in [0.25, 0.3) is 0 Å². The van der Waals surface area contributed by atoms with E-state index in [0.29, 0.717) is 11.5 Å². The van der Waals surface area contributed by atoms with Gasteiger partial charge < -0.3 is 14.9 Å². The van der Waals surface area contributed by atoms with E-state index in [1.165, 1.54) is 6.07 Å². The second-order valence-corrected chi connectivity index (χ2v) is 3.41. The second kappa shape index (κ2) is 4.97. The fraction of sp³-hybridized carbons (Fsp3) is 0.167. The van der Waals surface area contributed by atoms with Crippen LogP contribution < -0.4 is 10.5 Å². The van der Waals surface area contributed by atoms with E-state index in [9.17, 15) is 8.78 Å². The zero-order chi connectivity index (χ0) is 12.3. The summed E-state index contributed by atoms with van der Waals surface area (Å²) in [5.41, 5.74) is 5.36. The van der Waals surface area contributed by atoms with Gasteiger partial charge in [-0.05, 0) is 24.3 Å². The van der Waals surface area contributed by atoms with Gasteiger partial charge >= 0.3 is 0 Å². The van der Waals surface area contributed by atoms with E-state index < -0.39 is 17.4 Å². The summed E-state index contributed by atoms with van der Waals surface area (Å²) in [6.07, 6.45) is 0. The molecule has 1 aromatic carbocycles. The van der Waals surface area contributed by atoms with Gasteiger partial charge in [-0.25, -0.2) is 8.78 Å². The van der Waals surface area contributed by atoms with Gasteiger partial charge in [-0.15, -0.1) is 0 Å². The van der Waals surface area contributed by atoms with E-state index in [-0.39, 0.29) is 13.2 Å². The third kappa shape index (κ3) is 2.62. The maximum atomic E-state index is 13.2. The smallest absolute Gasteiger partial charge is 0.191 e. The third-order valence-corrected chi connectivity index (χ3v) is 2.20. The normalized spacial score (nSPS) is 10.5. The summed E-state index contributed by atoms with van der Waals surface area (Å²) in [5.74, 6) is -0.824.